The van der Waals surface area contributed by atoms with Crippen LogP contribution in [-0.4, -0.2) is 43.2 Å². The van der Waals surface area contributed by atoms with Gasteiger partial charge in [-0.2, -0.15) is 0 Å². The molecule has 20 heavy (non-hydrogen) atoms. The molecule has 114 valence electrons. The van der Waals surface area contributed by atoms with Crippen LogP contribution in [-0.2, 0) is 11.3 Å². The van der Waals surface area contributed by atoms with Gasteiger partial charge in [0, 0.05) is 18.7 Å². The van der Waals surface area contributed by atoms with Crippen molar-refractivity contribution in [2.24, 2.45) is 0 Å². The fourth-order valence-corrected chi connectivity index (χ4v) is 2.08. The molecule has 1 aromatic carbocycles. The highest BCUT2D eigenvalue weighted by molar-refractivity contribution is 5.38. The Hall–Kier alpha value is -1.14. The number of hydrogen-bond acceptors (Lipinski definition) is 5. The standard InChI is InChI=1S/C15H25NO4/c1-11(16-15(2,9-17)10-18)12-5-6-14(20-4)13(7-12)8-19-3/h5-7,11,16-18H,8-10H2,1-4H3. The van der Waals surface area contributed by atoms with Crippen LogP contribution >= 0.6 is 0 Å². The second-order valence-electron chi connectivity index (χ2n) is 5.25. The zero-order valence-electron chi connectivity index (χ0n) is 12.6. The van der Waals surface area contributed by atoms with Gasteiger partial charge < -0.3 is 25.0 Å². The molecular weight excluding hydrogens is 258 g/mol. The van der Waals surface area contributed by atoms with Gasteiger partial charge in [0.05, 0.1) is 32.5 Å². The molecular formula is C15H25NO4. The number of ether oxygens (including phenoxy) is 2. The fraction of sp³-hybridized carbons (Fsp3) is 0.600. The van der Waals surface area contributed by atoms with E-state index in [2.05, 4.69) is 5.32 Å². The lowest BCUT2D eigenvalue weighted by atomic mass is 9.99. The zero-order chi connectivity index (χ0) is 15.2. The predicted molar refractivity (Wildman–Crippen MR) is 77.8 cm³/mol. The fourth-order valence-electron chi connectivity index (χ4n) is 2.08. The summed E-state index contributed by atoms with van der Waals surface area (Å²) in [6.07, 6.45) is 0. The number of rotatable bonds is 8. The third-order valence-corrected chi connectivity index (χ3v) is 3.37. The van der Waals surface area contributed by atoms with Crippen LogP contribution in [0.25, 0.3) is 0 Å². The lowest BCUT2D eigenvalue weighted by Crippen LogP contribution is -2.49. The lowest BCUT2D eigenvalue weighted by molar-refractivity contribution is 0.0957. The van der Waals surface area contributed by atoms with Crippen molar-refractivity contribution in [2.75, 3.05) is 27.4 Å². The molecule has 0 saturated carbocycles. The first-order valence-electron chi connectivity index (χ1n) is 6.65. The summed E-state index contributed by atoms with van der Waals surface area (Å²) >= 11 is 0. The minimum absolute atomic E-state index is 0.0131. The molecule has 1 atom stereocenters. The predicted octanol–water partition coefficient (Wildman–Crippen LogP) is 1.24. The molecule has 5 heteroatoms. The monoisotopic (exact) mass is 283 g/mol. The van der Waals surface area contributed by atoms with Gasteiger partial charge in [-0.15, -0.1) is 0 Å². The van der Waals surface area contributed by atoms with Crippen molar-refractivity contribution < 1.29 is 19.7 Å². The molecule has 0 aliphatic rings. The Labute approximate surface area is 120 Å². The summed E-state index contributed by atoms with van der Waals surface area (Å²) in [6.45, 7) is 3.98. The van der Waals surface area contributed by atoms with Gasteiger partial charge in [-0.25, -0.2) is 0 Å². The molecule has 1 unspecified atom stereocenters. The van der Waals surface area contributed by atoms with Crippen LogP contribution < -0.4 is 10.1 Å². The first kappa shape index (κ1) is 16.9. The molecule has 0 aromatic heterocycles. The molecule has 0 radical (unpaired) electrons. The molecule has 0 heterocycles. The number of benzene rings is 1. The summed E-state index contributed by atoms with van der Waals surface area (Å²) in [6, 6.07) is 5.86. The number of aliphatic hydroxyl groups is 2. The third-order valence-electron chi connectivity index (χ3n) is 3.37. The van der Waals surface area contributed by atoms with Gasteiger partial charge in [-0.1, -0.05) is 6.07 Å². The topological polar surface area (TPSA) is 71.0 Å². The quantitative estimate of drug-likeness (QED) is 0.669. The van der Waals surface area contributed by atoms with Crippen molar-refractivity contribution in [2.45, 2.75) is 32.0 Å². The second kappa shape index (κ2) is 7.59. The van der Waals surface area contributed by atoms with Crippen LogP contribution in [0.3, 0.4) is 0 Å². The van der Waals surface area contributed by atoms with Crippen LogP contribution in [0.15, 0.2) is 18.2 Å². The van der Waals surface area contributed by atoms with Gasteiger partial charge in [0.2, 0.25) is 0 Å². The smallest absolute Gasteiger partial charge is 0.124 e. The van der Waals surface area contributed by atoms with E-state index in [1.165, 1.54) is 0 Å². The Morgan fingerprint density at radius 3 is 2.40 bits per heavy atom. The van der Waals surface area contributed by atoms with E-state index in [0.717, 1.165) is 16.9 Å². The van der Waals surface area contributed by atoms with Crippen molar-refractivity contribution in [1.29, 1.82) is 0 Å². The minimum Gasteiger partial charge on any atom is -0.496 e. The molecule has 0 aliphatic heterocycles. The Kier molecular flexibility index (Phi) is 6.42. The highest BCUT2D eigenvalue weighted by Crippen LogP contribution is 2.25. The summed E-state index contributed by atoms with van der Waals surface area (Å²) in [5.41, 5.74) is 1.31. The first-order valence-corrected chi connectivity index (χ1v) is 6.65. The van der Waals surface area contributed by atoms with Crippen molar-refractivity contribution >= 4 is 0 Å². The largest absolute Gasteiger partial charge is 0.496 e. The lowest BCUT2D eigenvalue weighted by Gasteiger charge is -2.30. The van der Waals surface area contributed by atoms with E-state index in [-0.39, 0.29) is 19.3 Å². The molecule has 0 bridgehead atoms. The Morgan fingerprint density at radius 2 is 1.90 bits per heavy atom. The van der Waals surface area contributed by atoms with E-state index in [1.54, 1.807) is 21.1 Å². The number of hydrogen-bond donors (Lipinski definition) is 3. The Balaban J connectivity index is 2.93. The van der Waals surface area contributed by atoms with Gasteiger partial charge in [0.15, 0.2) is 0 Å². The van der Waals surface area contributed by atoms with E-state index in [9.17, 15) is 10.2 Å². The van der Waals surface area contributed by atoms with Gasteiger partial charge in [0.25, 0.3) is 0 Å². The normalized spacial score (nSPS) is 13.3. The van der Waals surface area contributed by atoms with E-state index in [0.29, 0.717) is 6.61 Å². The van der Waals surface area contributed by atoms with Crippen LogP contribution in [0.1, 0.15) is 31.0 Å². The van der Waals surface area contributed by atoms with E-state index < -0.39 is 5.54 Å². The maximum absolute atomic E-state index is 9.34. The maximum atomic E-state index is 9.34. The molecule has 1 rings (SSSR count). The molecule has 1 aromatic rings. The first-order chi connectivity index (χ1) is 9.49. The molecule has 0 saturated heterocycles. The van der Waals surface area contributed by atoms with E-state index >= 15 is 0 Å². The van der Waals surface area contributed by atoms with Gasteiger partial charge >= 0.3 is 0 Å². The van der Waals surface area contributed by atoms with Gasteiger partial charge in [-0.05, 0) is 31.5 Å². The molecule has 0 fully saturated rings. The summed E-state index contributed by atoms with van der Waals surface area (Å²) in [5, 5.41) is 21.9. The average Bonchev–Trinajstić information content (AvgIpc) is 2.47. The zero-order valence-corrected chi connectivity index (χ0v) is 12.6. The maximum Gasteiger partial charge on any atom is 0.124 e. The summed E-state index contributed by atoms with van der Waals surface area (Å²) in [7, 11) is 3.27. The minimum atomic E-state index is -0.708. The molecule has 3 N–H and O–H groups in total. The van der Waals surface area contributed by atoms with E-state index in [4.69, 9.17) is 9.47 Å². The Bertz CT molecular complexity index is 418. The summed E-state index contributed by atoms with van der Waals surface area (Å²) in [5.74, 6) is 0.787. The average molecular weight is 283 g/mol. The van der Waals surface area contributed by atoms with E-state index in [1.807, 2.05) is 25.1 Å². The van der Waals surface area contributed by atoms with Crippen molar-refractivity contribution in [3.8, 4) is 5.75 Å². The van der Waals surface area contributed by atoms with Crippen molar-refractivity contribution in [1.82, 2.24) is 5.32 Å². The summed E-state index contributed by atoms with van der Waals surface area (Å²) in [4.78, 5) is 0. The number of nitrogens with one attached hydrogen (secondary N) is 1. The van der Waals surface area contributed by atoms with Crippen LogP contribution in [0.5, 0.6) is 5.75 Å². The summed E-state index contributed by atoms with van der Waals surface area (Å²) < 4.78 is 10.5. The molecule has 0 amide bonds. The number of methoxy groups -OCH3 is 2. The highest BCUT2D eigenvalue weighted by Gasteiger charge is 2.24. The number of aliphatic hydroxyl groups excluding tert-OH is 2. The molecule has 0 spiro atoms. The Morgan fingerprint density at radius 1 is 1.25 bits per heavy atom. The molecule has 5 nitrogen and oxygen atoms in total. The second-order valence-corrected chi connectivity index (χ2v) is 5.25. The van der Waals surface area contributed by atoms with Gasteiger partial charge in [0.1, 0.15) is 5.75 Å². The molecule has 0 aliphatic carbocycles. The van der Waals surface area contributed by atoms with Crippen molar-refractivity contribution in [3.05, 3.63) is 29.3 Å². The van der Waals surface area contributed by atoms with Crippen LogP contribution in [0, 0.1) is 0 Å². The third kappa shape index (κ3) is 4.18. The van der Waals surface area contributed by atoms with Crippen LogP contribution in [0.2, 0.25) is 0 Å². The van der Waals surface area contributed by atoms with Crippen LogP contribution in [0.4, 0.5) is 0 Å². The van der Waals surface area contributed by atoms with Gasteiger partial charge in [-0.3, -0.25) is 0 Å². The highest BCUT2D eigenvalue weighted by atomic mass is 16.5. The SMILES string of the molecule is COCc1cc(C(C)NC(C)(CO)CO)ccc1OC. The van der Waals surface area contributed by atoms with Crippen molar-refractivity contribution in [3.63, 3.8) is 0 Å².